The summed E-state index contributed by atoms with van der Waals surface area (Å²) in [5, 5.41) is 4.30. The number of amides is 2. The van der Waals surface area contributed by atoms with E-state index in [-0.39, 0.29) is 30.3 Å². The van der Waals surface area contributed by atoms with E-state index in [1.54, 1.807) is 11.9 Å². The molecule has 1 aromatic heterocycles. The van der Waals surface area contributed by atoms with Gasteiger partial charge in [-0.15, -0.1) is 0 Å². The van der Waals surface area contributed by atoms with E-state index in [1.807, 2.05) is 0 Å². The lowest BCUT2D eigenvalue weighted by atomic mass is 9.91. The highest BCUT2D eigenvalue weighted by Gasteiger charge is 2.39. The second kappa shape index (κ2) is 6.19. The molecule has 6 heteroatoms. The first-order valence-corrected chi connectivity index (χ1v) is 8.82. The van der Waals surface area contributed by atoms with Gasteiger partial charge < -0.3 is 14.8 Å². The van der Waals surface area contributed by atoms with E-state index < -0.39 is 0 Å². The number of likely N-dealkylation sites (tertiary alicyclic amines) is 1. The van der Waals surface area contributed by atoms with Crippen LogP contribution in [-0.4, -0.2) is 58.9 Å². The van der Waals surface area contributed by atoms with Crippen LogP contribution in [0.25, 0.3) is 10.9 Å². The van der Waals surface area contributed by atoms with Crippen LogP contribution >= 0.6 is 0 Å². The lowest BCUT2D eigenvalue weighted by Gasteiger charge is -2.37. The molecule has 2 atom stereocenters. The number of rotatable bonds is 2. The van der Waals surface area contributed by atoms with Crippen LogP contribution in [0.4, 0.5) is 0 Å². The number of fused-ring (bicyclic) bond motifs is 2. The van der Waals surface area contributed by atoms with Crippen molar-refractivity contribution in [3.8, 4) is 0 Å². The molecule has 132 valence electrons. The van der Waals surface area contributed by atoms with Gasteiger partial charge in [0.15, 0.2) is 0 Å². The van der Waals surface area contributed by atoms with Crippen LogP contribution in [0.1, 0.15) is 12.0 Å². The minimum absolute atomic E-state index is 0.0336. The third-order valence-corrected chi connectivity index (χ3v) is 5.49. The molecular weight excluding hydrogens is 316 g/mol. The third kappa shape index (κ3) is 2.91. The van der Waals surface area contributed by atoms with E-state index in [2.05, 4.69) is 52.3 Å². The van der Waals surface area contributed by atoms with Gasteiger partial charge in [0.25, 0.3) is 0 Å². The molecule has 4 rings (SSSR count). The molecule has 0 radical (unpaired) electrons. The van der Waals surface area contributed by atoms with Crippen molar-refractivity contribution in [2.75, 3.05) is 26.7 Å². The molecule has 2 aliphatic heterocycles. The normalized spacial score (nSPS) is 25.0. The maximum absolute atomic E-state index is 12.6. The second-order valence-electron chi connectivity index (χ2n) is 7.28. The van der Waals surface area contributed by atoms with Crippen molar-refractivity contribution in [1.29, 1.82) is 0 Å². The zero-order valence-electron chi connectivity index (χ0n) is 14.7. The Morgan fingerprint density at radius 2 is 2.00 bits per heavy atom. The van der Waals surface area contributed by atoms with Gasteiger partial charge in [-0.3, -0.25) is 14.5 Å². The summed E-state index contributed by atoms with van der Waals surface area (Å²) in [6, 6.07) is 8.37. The Morgan fingerprint density at radius 3 is 2.84 bits per heavy atom. The molecule has 25 heavy (non-hydrogen) atoms. The van der Waals surface area contributed by atoms with Crippen molar-refractivity contribution in [3.05, 3.63) is 36.0 Å². The average molecular weight is 340 g/mol. The SMILES string of the molecule is CN1CC(=O)N[C@@H]2CCN(Cc3cn(C)c4ccccc34)C[C@@H]2C1=O. The predicted molar refractivity (Wildman–Crippen MR) is 95.9 cm³/mol. The van der Waals surface area contributed by atoms with Crippen LogP contribution in [0, 0.1) is 5.92 Å². The Kier molecular flexibility index (Phi) is 4.00. The monoisotopic (exact) mass is 340 g/mol. The van der Waals surface area contributed by atoms with Crippen molar-refractivity contribution < 1.29 is 9.59 Å². The molecule has 1 N–H and O–H groups in total. The number of aromatic nitrogens is 1. The summed E-state index contributed by atoms with van der Waals surface area (Å²) in [4.78, 5) is 28.4. The maximum atomic E-state index is 12.6. The van der Waals surface area contributed by atoms with E-state index in [0.29, 0.717) is 6.54 Å². The first kappa shape index (κ1) is 16.1. The predicted octanol–water partition coefficient (Wildman–Crippen LogP) is 0.957. The van der Waals surface area contributed by atoms with E-state index in [9.17, 15) is 9.59 Å². The molecule has 0 saturated carbocycles. The fraction of sp³-hybridized carbons (Fsp3) is 0.474. The number of benzene rings is 1. The van der Waals surface area contributed by atoms with Crippen LogP contribution in [0.5, 0.6) is 0 Å². The van der Waals surface area contributed by atoms with Gasteiger partial charge in [0, 0.05) is 56.9 Å². The molecule has 0 bridgehead atoms. The highest BCUT2D eigenvalue weighted by molar-refractivity contribution is 5.89. The Labute approximate surface area is 147 Å². The third-order valence-electron chi connectivity index (χ3n) is 5.49. The zero-order chi connectivity index (χ0) is 17.6. The molecule has 2 aliphatic rings. The maximum Gasteiger partial charge on any atom is 0.239 e. The van der Waals surface area contributed by atoms with Gasteiger partial charge >= 0.3 is 0 Å². The minimum atomic E-state index is -0.153. The highest BCUT2D eigenvalue weighted by Crippen LogP contribution is 2.26. The molecule has 2 amide bonds. The number of piperidine rings is 1. The van der Waals surface area contributed by atoms with Gasteiger partial charge in [0.2, 0.25) is 11.8 Å². The van der Waals surface area contributed by atoms with Crippen LogP contribution in [0.2, 0.25) is 0 Å². The van der Waals surface area contributed by atoms with Crippen LogP contribution in [0.3, 0.4) is 0 Å². The standard InChI is InChI=1S/C19H24N4O2/c1-21-9-13(14-5-3-4-6-17(14)21)10-23-8-7-16-15(11-23)19(25)22(2)12-18(24)20-16/h3-6,9,15-16H,7-8,10-12H2,1-2H3,(H,20,24)/t15-,16+/m0/s1. The quantitative estimate of drug-likeness (QED) is 0.886. The molecule has 0 aliphatic carbocycles. The second-order valence-corrected chi connectivity index (χ2v) is 7.28. The Balaban J connectivity index is 1.55. The van der Waals surface area contributed by atoms with Gasteiger partial charge in [-0.05, 0) is 18.1 Å². The van der Waals surface area contributed by atoms with Gasteiger partial charge in [-0.1, -0.05) is 18.2 Å². The van der Waals surface area contributed by atoms with Crippen LogP contribution < -0.4 is 5.32 Å². The van der Waals surface area contributed by atoms with Gasteiger partial charge in [0.05, 0.1) is 12.5 Å². The topological polar surface area (TPSA) is 57.6 Å². The lowest BCUT2D eigenvalue weighted by molar-refractivity contribution is -0.136. The highest BCUT2D eigenvalue weighted by atomic mass is 16.2. The molecule has 1 aromatic carbocycles. The van der Waals surface area contributed by atoms with Crippen molar-refractivity contribution in [2.24, 2.45) is 13.0 Å². The Bertz CT molecular complexity index is 828. The molecule has 0 unspecified atom stereocenters. The summed E-state index contributed by atoms with van der Waals surface area (Å²) in [7, 11) is 3.78. The summed E-state index contributed by atoms with van der Waals surface area (Å²) in [5.41, 5.74) is 2.51. The number of carbonyl (C=O) groups excluding carboxylic acids is 2. The largest absolute Gasteiger partial charge is 0.351 e. The zero-order valence-corrected chi connectivity index (χ0v) is 14.7. The molecule has 2 fully saturated rings. The number of aryl methyl sites for hydroxylation is 1. The molecule has 3 heterocycles. The first-order chi connectivity index (χ1) is 12.0. The summed E-state index contributed by atoms with van der Waals surface area (Å²) >= 11 is 0. The number of nitrogens with zero attached hydrogens (tertiary/aromatic N) is 3. The summed E-state index contributed by atoms with van der Waals surface area (Å²) in [6.07, 6.45) is 3.00. The summed E-state index contributed by atoms with van der Waals surface area (Å²) < 4.78 is 2.15. The van der Waals surface area contributed by atoms with E-state index >= 15 is 0 Å². The minimum Gasteiger partial charge on any atom is -0.351 e. The summed E-state index contributed by atoms with van der Waals surface area (Å²) in [5.74, 6) is -0.128. The Hall–Kier alpha value is -2.34. The fourth-order valence-electron chi connectivity index (χ4n) is 4.21. The number of likely N-dealkylation sites (N-methyl/N-ethyl adjacent to an activating group) is 1. The Morgan fingerprint density at radius 1 is 1.20 bits per heavy atom. The van der Waals surface area contributed by atoms with Crippen LogP contribution in [-0.2, 0) is 23.2 Å². The van der Waals surface area contributed by atoms with Crippen LogP contribution in [0.15, 0.2) is 30.5 Å². The molecule has 2 aromatic rings. The number of carbonyl (C=O) groups is 2. The van der Waals surface area contributed by atoms with Gasteiger partial charge in [-0.2, -0.15) is 0 Å². The smallest absolute Gasteiger partial charge is 0.239 e. The van der Waals surface area contributed by atoms with E-state index in [1.165, 1.54) is 16.5 Å². The fourth-order valence-corrected chi connectivity index (χ4v) is 4.21. The number of para-hydroxylation sites is 1. The number of nitrogens with one attached hydrogen (secondary N) is 1. The van der Waals surface area contributed by atoms with Crippen molar-refractivity contribution >= 4 is 22.7 Å². The lowest BCUT2D eigenvalue weighted by Crippen LogP contribution is -2.52. The van der Waals surface area contributed by atoms with Crippen molar-refractivity contribution in [2.45, 2.75) is 19.0 Å². The van der Waals surface area contributed by atoms with Crippen molar-refractivity contribution in [1.82, 2.24) is 19.7 Å². The number of hydrogen-bond acceptors (Lipinski definition) is 3. The molecular formula is C19H24N4O2. The average Bonchev–Trinajstić information content (AvgIpc) is 2.86. The van der Waals surface area contributed by atoms with E-state index in [0.717, 1.165) is 19.5 Å². The van der Waals surface area contributed by atoms with Gasteiger partial charge in [-0.25, -0.2) is 0 Å². The number of hydrogen-bond donors (Lipinski definition) is 1. The molecule has 0 spiro atoms. The first-order valence-electron chi connectivity index (χ1n) is 8.82. The molecule has 2 saturated heterocycles. The van der Waals surface area contributed by atoms with Gasteiger partial charge in [0.1, 0.15) is 0 Å². The molecule has 6 nitrogen and oxygen atoms in total. The van der Waals surface area contributed by atoms with Crippen molar-refractivity contribution in [3.63, 3.8) is 0 Å². The van der Waals surface area contributed by atoms with E-state index in [4.69, 9.17) is 0 Å². The summed E-state index contributed by atoms with van der Waals surface area (Å²) in [6.45, 7) is 2.57.